The number of hydrogen-bond donors (Lipinski definition) is 1. The fraction of sp³-hybridized carbons (Fsp3) is 0.296. The molecule has 2 amide bonds. The summed E-state index contributed by atoms with van der Waals surface area (Å²) in [6.07, 6.45) is 1.52. The summed E-state index contributed by atoms with van der Waals surface area (Å²) in [5.41, 5.74) is 7.01. The van der Waals surface area contributed by atoms with Crippen molar-refractivity contribution in [3.05, 3.63) is 77.1 Å². The standard InChI is InChI=1S/C27H30N4O5/c1-19-4-5-20(2)31(19)23-9-7-22(8-10-23)27(33)29-28-17-21-6-11-24(25(16-21)34-3)36-18-26(32)30-12-14-35-15-13-30/h4-11,16-17H,12-15,18H2,1-3H3,(H,29,33)/b28-17+. The van der Waals surface area contributed by atoms with Crippen LogP contribution in [0.15, 0.2) is 59.7 Å². The largest absolute Gasteiger partial charge is 0.493 e. The second kappa shape index (κ2) is 11.5. The molecular formula is C27H30N4O5. The number of nitrogens with zero attached hydrogens (tertiary/aromatic N) is 3. The van der Waals surface area contributed by atoms with Gasteiger partial charge in [-0.3, -0.25) is 9.59 Å². The number of hydrogen-bond acceptors (Lipinski definition) is 6. The number of aromatic nitrogens is 1. The van der Waals surface area contributed by atoms with E-state index >= 15 is 0 Å². The summed E-state index contributed by atoms with van der Waals surface area (Å²) in [6.45, 7) is 6.22. The zero-order chi connectivity index (χ0) is 25.5. The summed E-state index contributed by atoms with van der Waals surface area (Å²) in [4.78, 5) is 26.5. The molecule has 1 aromatic heterocycles. The lowest BCUT2D eigenvalue weighted by Crippen LogP contribution is -2.43. The number of ether oxygens (including phenoxy) is 3. The summed E-state index contributed by atoms with van der Waals surface area (Å²) < 4.78 is 18.5. The zero-order valence-corrected chi connectivity index (χ0v) is 20.7. The number of aryl methyl sites for hydroxylation is 2. The van der Waals surface area contributed by atoms with Gasteiger partial charge in [-0.25, -0.2) is 5.43 Å². The van der Waals surface area contributed by atoms with E-state index in [0.717, 1.165) is 17.1 Å². The van der Waals surface area contributed by atoms with Crippen molar-refractivity contribution in [3.8, 4) is 17.2 Å². The van der Waals surface area contributed by atoms with Gasteiger partial charge in [0.25, 0.3) is 11.8 Å². The normalized spacial score (nSPS) is 13.6. The Bertz CT molecular complexity index is 1220. The first-order valence-electron chi connectivity index (χ1n) is 11.7. The molecule has 4 rings (SSSR count). The smallest absolute Gasteiger partial charge is 0.271 e. The van der Waals surface area contributed by atoms with Crippen LogP contribution in [0.5, 0.6) is 11.5 Å². The number of carbonyl (C=O) groups excluding carboxylic acids is 2. The fourth-order valence-electron chi connectivity index (χ4n) is 3.99. The van der Waals surface area contributed by atoms with Gasteiger partial charge in [0.1, 0.15) is 0 Å². The Morgan fingerprint density at radius 2 is 1.69 bits per heavy atom. The number of benzene rings is 2. The monoisotopic (exact) mass is 490 g/mol. The SMILES string of the molecule is COc1cc(/C=N/NC(=O)c2ccc(-n3c(C)ccc3C)cc2)ccc1OCC(=O)N1CCOCC1. The van der Waals surface area contributed by atoms with E-state index in [1.807, 2.05) is 26.0 Å². The number of amides is 2. The highest BCUT2D eigenvalue weighted by molar-refractivity contribution is 5.95. The van der Waals surface area contributed by atoms with E-state index in [2.05, 4.69) is 27.2 Å². The lowest BCUT2D eigenvalue weighted by molar-refractivity contribution is -0.137. The Labute approximate surface area is 210 Å². The van der Waals surface area contributed by atoms with Crippen molar-refractivity contribution in [2.75, 3.05) is 40.0 Å². The number of carbonyl (C=O) groups is 2. The molecule has 0 saturated carbocycles. The van der Waals surface area contributed by atoms with E-state index in [1.165, 1.54) is 13.3 Å². The summed E-state index contributed by atoms with van der Waals surface area (Å²) in [5, 5.41) is 4.06. The Kier molecular flexibility index (Phi) is 8.02. The topological polar surface area (TPSA) is 94.4 Å². The lowest BCUT2D eigenvalue weighted by Gasteiger charge is -2.26. The van der Waals surface area contributed by atoms with Gasteiger partial charge < -0.3 is 23.7 Å². The first kappa shape index (κ1) is 25.0. The molecule has 0 spiro atoms. The van der Waals surface area contributed by atoms with Crippen LogP contribution in [0.3, 0.4) is 0 Å². The molecule has 1 saturated heterocycles. The molecule has 0 atom stereocenters. The molecule has 3 aromatic rings. The molecule has 1 N–H and O–H groups in total. The second-order valence-corrected chi connectivity index (χ2v) is 8.39. The number of hydrazone groups is 1. The third kappa shape index (κ3) is 5.92. The molecule has 188 valence electrons. The second-order valence-electron chi connectivity index (χ2n) is 8.39. The highest BCUT2D eigenvalue weighted by Crippen LogP contribution is 2.27. The lowest BCUT2D eigenvalue weighted by atomic mass is 10.2. The Morgan fingerprint density at radius 3 is 2.36 bits per heavy atom. The van der Waals surface area contributed by atoms with Crippen LogP contribution in [0, 0.1) is 13.8 Å². The first-order valence-corrected chi connectivity index (χ1v) is 11.7. The molecule has 2 aromatic carbocycles. The van der Waals surface area contributed by atoms with Crippen LogP contribution >= 0.6 is 0 Å². The molecule has 0 aliphatic carbocycles. The predicted octanol–water partition coefficient (Wildman–Crippen LogP) is 3.10. The van der Waals surface area contributed by atoms with Crippen LogP contribution in [0.1, 0.15) is 27.3 Å². The van der Waals surface area contributed by atoms with Crippen molar-refractivity contribution in [1.82, 2.24) is 14.9 Å². The van der Waals surface area contributed by atoms with Crippen molar-refractivity contribution >= 4 is 18.0 Å². The van der Waals surface area contributed by atoms with Gasteiger partial charge in [0.05, 0.1) is 26.5 Å². The van der Waals surface area contributed by atoms with E-state index in [-0.39, 0.29) is 18.4 Å². The summed E-state index contributed by atoms with van der Waals surface area (Å²) in [7, 11) is 1.52. The van der Waals surface area contributed by atoms with Crippen molar-refractivity contribution in [1.29, 1.82) is 0 Å². The number of rotatable bonds is 8. The molecule has 0 bridgehead atoms. The molecule has 1 aliphatic heterocycles. The highest BCUT2D eigenvalue weighted by atomic mass is 16.5. The van der Waals surface area contributed by atoms with Gasteiger partial charge in [-0.1, -0.05) is 0 Å². The minimum atomic E-state index is -0.313. The number of morpholine rings is 1. The fourth-order valence-corrected chi connectivity index (χ4v) is 3.99. The maximum atomic E-state index is 12.5. The average molecular weight is 491 g/mol. The quantitative estimate of drug-likeness (QED) is 0.387. The third-order valence-electron chi connectivity index (χ3n) is 5.94. The van der Waals surface area contributed by atoms with Crippen molar-refractivity contribution in [2.45, 2.75) is 13.8 Å². The van der Waals surface area contributed by atoms with Gasteiger partial charge in [-0.2, -0.15) is 5.10 Å². The Hall–Kier alpha value is -4.11. The van der Waals surface area contributed by atoms with Gasteiger partial charge in [-0.15, -0.1) is 0 Å². The number of methoxy groups -OCH3 is 1. The predicted molar refractivity (Wildman–Crippen MR) is 136 cm³/mol. The maximum Gasteiger partial charge on any atom is 0.271 e. The minimum absolute atomic E-state index is 0.0812. The van der Waals surface area contributed by atoms with E-state index in [0.29, 0.717) is 48.9 Å². The molecular weight excluding hydrogens is 460 g/mol. The van der Waals surface area contributed by atoms with Gasteiger partial charge in [0.15, 0.2) is 18.1 Å². The zero-order valence-electron chi connectivity index (χ0n) is 20.7. The van der Waals surface area contributed by atoms with Crippen molar-refractivity contribution in [2.24, 2.45) is 5.10 Å². The van der Waals surface area contributed by atoms with Crippen molar-refractivity contribution < 1.29 is 23.8 Å². The van der Waals surface area contributed by atoms with E-state index in [9.17, 15) is 9.59 Å². The number of nitrogens with one attached hydrogen (secondary N) is 1. The molecule has 0 unspecified atom stereocenters. The average Bonchev–Trinajstić information content (AvgIpc) is 3.25. The van der Waals surface area contributed by atoms with Gasteiger partial charge in [0.2, 0.25) is 0 Å². The molecule has 9 heteroatoms. The summed E-state index contributed by atoms with van der Waals surface area (Å²) in [5.74, 6) is 0.507. The summed E-state index contributed by atoms with van der Waals surface area (Å²) in [6, 6.07) is 16.7. The third-order valence-corrected chi connectivity index (χ3v) is 5.94. The Morgan fingerprint density at radius 1 is 1.00 bits per heavy atom. The highest BCUT2D eigenvalue weighted by Gasteiger charge is 2.18. The molecule has 1 fully saturated rings. The molecule has 1 aliphatic rings. The summed E-state index contributed by atoms with van der Waals surface area (Å²) >= 11 is 0. The van der Waals surface area contributed by atoms with Gasteiger partial charge in [-0.05, 0) is 74.0 Å². The van der Waals surface area contributed by atoms with Crippen LogP contribution in [0.4, 0.5) is 0 Å². The molecule has 0 radical (unpaired) electrons. The van der Waals surface area contributed by atoms with Crippen LogP contribution < -0.4 is 14.9 Å². The van der Waals surface area contributed by atoms with Crippen molar-refractivity contribution in [3.63, 3.8) is 0 Å². The molecule has 36 heavy (non-hydrogen) atoms. The van der Waals surface area contributed by atoms with E-state index in [4.69, 9.17) is 14.2 Å². The van der Waals surface area contributed by atoms with Gasteiger partial charge >= 0.3 is 0 Å². The Balaban J connectivity index is 1.33. The minimum Gasteiger partial charge on any atom is -0.493 e. The molecule has 9 nitrogen and oxygen atoms in total. The van der Waals surface area contributed by atoms with E-state index in [1.54, 1.807) is 35.2 Å². The first-order chi connectivity index (χ1) is 17.5. The van der Waals surface area contributed by atoms with Gasteiger partial charge in [0, 0.05) is 35.7 Å². The maximum absolute atomic E-state index is 12.5. The van der Waals surface area contributed by atoms with Crippen LogP contribution in [-0.2, 0) is 9.53 Å². The van der Waals surface area contributed by atoms with Crippen LogP contribution in [-0.4, -0.2) is 67.5 Å². The molecule has 2 heterocycles. The van der Waals surface area contributed by atoms with E-state index < -0.39 is 0 Å². The van der Waals surface area contributed by atoms with Crippen LogP contribution in [0.2, 0.25) is 0 Å². The van der Waals surface area contributed by atoms with Crippen LogP contribution in [0.25, 0.3) is 5.69 Å².